The van der Waals surface area contributed by atoms with E-state index in [1.165, 1.54) is 22.9 Å². The van der Waals surface area contributed by atoms with Crippen LogP contribution >= 0.6 is 11.8 Å². The minimum atomic E-state index is -0.0329. The van der Waals surface area contributed by atoms with Crippen molar-refractivity contribution in [1.82, 2.24) is 0 Å². The van der Waals surface area contributed by atoms with Crippen LogP contribution < -0.4 is 10.6 Å². The Labute approximate surface area is 172 Å². The molecule has 148 valence electrons. The van der Waals surface area contributed by atoms with Crippen LogP contribution in [0.1, 0.15) is 50.8 Å². The number of nitrogens with one attached hydrogen (secondary N) is 1. The maximum Gasteiger partial charge on any atom is 0.279 e. The number of nitrogens with two attached hydrogens (primary N) is 1. The van der Waals surface area contributed by atoms with Crippen LogP contribution in [0.5, 0.6) is 0 Å². The van der Waals surface area contributed by atoms with Gasteiger partial charge in [0.2, 0.25) is 0 Å². The number of quaternary nitrogens is 1. The van der Waals surface area contributed by atoms with E-state index in [4.69, 9.17) is 5.26 Å². The summed E-state index contributed by atoms with van der Waals surface area (Å²) in [4.78, 5) is 13.4. The molecule has 1 atom stereocenters. The first-order valence-corrected chi connectivity index (χ1v) is 10.7. The highest BCUT2D eigenvalue weighted by atomic mass is 32.2. The normalized spacial score (nSPS) is 12.0. The Morgan fingerprint density at radius 3 is 2.32 bits per heavy atom. The lowest BCUT2D eigenvalue weighted by molar-refractivity contribution is -0.692. The lowest BCUT2D eigenvalue weighted by Gasteiger charge is -2.20. The molecule has 28 heavy (non-hydrogen) atoms. The lowest BCUT2D eigenvalue weighted by atomic mass is 9.93. The van der Waals surface area contributed by atoms with Crippen molar-refractivity contribution in [1.29, 1.82) is 5.26 Å². The molecule has 0 aromatic heterocycles. The van der Waals surface area contributed by atoms with Crippen molar-refractivity contribution < 1.29 is 10.1 Å². The molecule has 0 aliphatic rings. The number of hydrogen-bond acceptors (Lipinski definition) is 3. The largest absolute Gasteiger partial charge is 0.332 e. The summed E-state index contributed by atoms with van der Waals surface area (Å²) < 4.78 is 0. The Morgan fingerprint density at radius 2 is 1.71 bits per heavy atom. The van der Waals surface area contributed by atoms with Crippen LogP contribution in [0.25, 0.3) is 0 Å². The Kier molecular flexibility index (Phi) is 8.56. The molecule has 1 amide bonds. The van der Waals surface area contributed by atoms with Crippen molar-refractivity contribution in [3.8, 4) is 6.07 Å². The Hall–Kier alpha value is -2.29. The van der Waals surface area contributed by atoms with Gasteiger partial charge < -0.3 is 10.6 Å². The van der Waals surface area contributed by atoms with Crippen molar-refractivity contribution in [3.63, 3.8) is 0 Å². The van der Waals surface area contributed by atoms with Crippen LogP contribution in [0, 0.1) is 17.2 Å². The SMILES string of the molecule is CC(C)c1ccc([C@@H]([NH2+]CC(=O)Nc2ccccc2SCC#N)C(C)C)cc1. The molecule has 0 radical (unpaired) electrons. The standard InChI is InChI=1S/C23H29N3OS/c1-16(2)18-9-11-19(12-10-18)23(17(3)4)25-15-22(27)26-20-7-5-6-8-21(20)28-14-13-24/h5-12,16-17,23,25H,14-15H2,1-4H3,(H,26,27)/p+1/t23-/m0/s1. The molecule has 2 aromatic carbocycles. The van der Waals surface area contributed by atoms with Crippen molar-refractivity contribution >= 4 is 23.4 Å². The van der Waals surface area contributed by atoms with E-state index in [1.807, 2.05) is 24.3 Å². The fraction of sp³-hybridized carbons (Fsp3) is 0.391. The highest BCUT2D eigenvalue weighted by Gasteiger charge is 2.21. The van der Waals surface area contributed by atoms with E-state index in [0.29, 0.717) is 24.1 Å². The summed E-state index contributed by atoms with van der Waals surface area (Å²) >= 11 is 1.43. The molecule has 0 bridgehead atoms. The minimum Gasteiger partial charge on any atom is -0.332 e. The molecule has 0 heterocycles. The second kappa shape index (κ2) is 10.9. The molecule has 4 nitrogen and oxygen atoms in total. The van der Waals surface area contributed by atoms with Gasteiger partial charge in [-0.05, 0) is 23.6 Å². The number of amides is 1. The van der Waals surface area contributed by atoms with Crippen LogP contribution in [-0.2, 0) is 4.79 Å². The van der Waals surface area contributed by atoms with Gasteiger partial charge in [-0.15, -0.1) is 11.8 Å². The number of para-hydroxylation sites is 1. The number of benzene rings is 2. The van der Waals surface area contributed by atoms with Crippen LogP contribution in [0.4, 0.5) is 5.69 Å². The average molecular weight is 397 g/mol. The topological polar surface area (TPSA) is 69.5 Å². The van der Waals surface area contributed by atoms with Gasteiger partial charge in [-0.1, -0.05) is 64.1 Å². The maximum absolute atomic E-state index is 12.5. The van der Waals surface area contributed by atoms with Crippen molar-refractivity contribution in [2.75, 3.05) is 17.6 Å². The van der Waals surface area contributed by atoms with E-state index in [1.54, 1.807) is 0 Å². The molecule has 2 aromatic rings. The third-order valence-corrected chi connectivity index (χ3v) is 5.66. The Balaban J connectivity index is 2.00. The quantitative estimate of drug-likeness (QED) is 0.620. The number of thioether (sulfide) groups is 1. The molecule has 3 N–H and O–H groups in total. The summed E-state index contributed by atoms with van der Waals surface area (Å²) in [5.74, 6) is 1.26. The van der Waals surface area contributed by atoms with Crippen molar-refractivity contribution in [2.24, 2.45) is 5.92 Å². The molecule has 0 fully saturated rings. The van der Waals surface area contributed by atoms with E-state index >= 15 is 0 Å². The van der Waals surface area contributed by atoms with E-state index in [0.717, 1.165) is 10.6 Å². The highest BCUT2D eigenvalue weighted by molar-refractivity contribution is 7.99. The minimum absolute atomic E-state index is 0.0329. The van der Waals surface area contributed by atoms with E-state index < -0.39 is 0 Å². The summed E-state index contributed by atoms with van der Waals surface area (Å²) in [6.07, 6.45) is 0. The summed E-state index contributed by atoms with van der Waals surface area (Å²) in [7, 11) is 0. The zero-order valence-corrected chi connectivity index (χ0v) is 17.9. The molecule has 0 aliphatic carbocycles. The third kappa shape index (κ3) is 6.40. The first-order chi connectivity index (χ1) is 13.4. The summed E-state index contributed by atoms with van der Waals surface area (Å²) in [6, 6.07) is 18.7. The maximum atomic E-state index is 12.5. The van der Waals surface area contributed by atoms with Gasteiger partial charge in [0.1, 0.15) is 6.04 Å². The zero-order chi connectivity index (χ0) is 20.5. The lowest BCUT2D eigenvalue weighted by Crippen LogP contribution is -2.88. The molecule has 0 unspecified atom stereocenters. The Morgan fingerprint density at radius 1 is 1.07 bits per heavy atom. The van der Waals surface area contributed by atoms with Crippen molar-refractivity contribution in [3.05, 3.63) is 59.7 Å². The fourth-order valence-corrected chi connectivity index (χ4v) is 3.81. The Bertz CT molecular complexity index is 809. The van der Waals surface area contributed by atoms with Gasteiger partial charge in [0.15, 0.2) is 6.54 Å². The molecule has 0 spiro atoms. The first kappa shape index (κ1) is 22.0. The second-order valence-electron chi connectivity index (χ2n) is 7.52. The predicted octanol–water partition coefficient (Wildman–Crippen LogP) is 4.32. The number of rotatable bonds is 9. The van der Waals surface area contributed by atoms with Crippen LogP contribution in [0.3, 0.4) is 0 Å². The van der Waals surface area contributed by atoms with Crippen LogP contribution in [0.15, 0.2) is 53.4 Å². The summed E-state index contributed by atoms with van der Waals surface area (Å²) in [6.45, 7) is 9.11. The molecule has 0 saturated carbocycles. The summed E-state index contributed by atoms with van der Waals surface area (Å²) in [5, 5.41) is 13.9. The summed E-state index contributed by atoms with van der Waals surface area (Å²) in [5.41, 5.74) is 3.34. The average Bonchev–Trinajstić information content (AvgIpc) is 2.67. The van der Waals surface area contributed by atoms with Gasteiger partial charge in [-0.25, -0.2) is 0 Å². The molecule has 2 rings (SSSR count). The van der Waals surface area contributed by atoms with Gasteiger partial charge in [0.25, 0.3) is 5.91 Å². The molecule has 5 heteroatoms. The zero-order valence-electron chi connectivity index (χ0n) is 17.1. The fourth-order valence-electron chi connectivity index (χ4n) is 3.14. The van der Waals surface area contributed by atoms with Gasteiger partial charge in [-0.3, -0.25) is 4.79 Å². The highest BCUT2D eigenvalue weighted by Crippen LogP contribution is 2.26. The van der Waals surface area contributed by atoms with Crippen LogP contribution in [0.2, 0.25) is 0 Å². The van der Waals surface area contributed by atoms with E-state index in [2.05, 4.69) is 68.7 Å². The van der Waals surface area contributed by atoms with E-state index in [-0.39, 0.29) is 11.9 Å². The third-order valence-electron chi connectivity index (χ3n) is 4.72. The first-order valence-electron chi connectivity index (χ1n) is 9.74. The molecular formula is C23H30N3OS+. The van der Waals surface area contributed by atoms with Crippen molar-refractivity contribution in [2.45, 2.75) is 44.6 Å². The monoisotopic (exact) mass is 396 g/mol. The van der Waals surface area contributed by atoms with Crippen LogP contribution in [-0.4, -0.2) is 18.2 Å². The smallest absolute Gasteiger partial charge is 0.279 e. The van der Waals surface area contributed by atoms with Gasteiger partial charge in [0.05, 0.1) is 17.5 Å². The number of nitrogens with zero attached hydrogens (tertiary/aromatic N) is 1. The number of hydrogen-bond donors (Lipinski definition) is 2. The second-order valence-corrected chi connectivity index (χ2v) is 8.54. The molecule has 0 aliphatic heterocycles. The number of carbonyl (C=O) groups excluding carboxylic acids is 1. The molecular weight excluding hydrogens is 366 g/mol. The number of nitriles is 1. The predicted molar refractivity (Wildman–Crippen MR) is 116 cm³/mol. The number of anilines is 1. The van der Waals surface area contributed by atoms with Gasteiger partial charge in [0, 0.05) is 16.4 Å². The van der Waals surface area contributed by atoms with Gasteiger partial charge in [-0.2, -0.15) is 5.26 Å². The molecule has 0 saturated heterocycles. The number of carbonyl (C=O) groups is 1. The van der Waals surface area contributed by atoms with E-state index in [9.17, 15) is 4.79 Å². The van der Waals surface area contributed by atoms with Gasteiger partial charge >= 0.3 is 0 Å².